The number of aromatic nitrogens is 4. The van der Waals surface area contributed by atoms with E-state index in [1.807, 2.05) is 6.92 Å². The molecular weight excluding hydrogens is 498 g/mol. The second-order valence-corrected chi connectivity index (χ2v) is 13.3. The van der Waals surface area contributed by atoms with Crippen molar-refractivity contribution in [3.63, 3.8) is 0 Å². The number of alkyl halides is 2. The largest absolute Gasteiger partial charge is 0.348 e. The van der Waals surface area contributed by atoms with E-state index in [0.717, 1.165) is 29.7 Å². The Morgan fingerprint density at radius 3 is 2.49 bits per heavy atom. The van der Waals surface area contributed by atoms with E-state index in [1.165, 1.54) is 6.20 Å². The van der Waals surface area contributed by atoms with Crippen LogP contribution in [0.25, 0.3) is 16.3 Å². The lowest BCUT2D eigenvalue weighted by Crippen LogP contribution is -2.69. The number of hydrogen-bond donors (Lipinski definition) is 1. The molecule has 1 N–H and O–H groups in total. The molecule has 0 atom stereocenters. The minimum absolute atomic E-state index is 0.0729. The van der Waals surface area contributed by atoms with Gasteiger partial charge in [-0.1, -0.05) is 11.3 Å². The first kappa shape index (κ1) is 22.9. The van der Waals surface area contributed by atoms with Gasteiger partial charge < -0.3 is 4.90 Å². The van der Waals surface area contributed by atoms with Gasteiger partial charge in [-0.3, -0.25) is 9.20 Å². The predicted octanol–water partition coefficient (Wildman–Crippen LogP) is 3.13. The fourth-order valence-electron chi connectivity index (χ4n) is 5.66. The third-order valence-electron chi connectivity index (χ3n) is 7.59. The molecule has 35 heavy (non-hydrogen) atoms. The number of imidazole rings is 1. The molecule has 0 radical (unpaired) electrons. The van der Waals surface area contributed by atoms with Crippen molar-refractivity contribution in [2.24, 2.45) is 5.41 Å². The molecule has 2 bridgehead atoms. The number of carbonyl (C=O) groups is 1. The van der Waals surface area contributed by atoms with Gasteiger partial charge in [0.2, 0.25) is 15.9 Å². The molecule has 4 aliphatic rings. The highest BCUT2D eigenvalue weighted by Crippen LogP contribution is 2.74. The van der Waals surface area contributed by atoms with Crippen molar-refractivity contribution in [2.45, 2.75) is 61.3 Å². The summed E-state index contributed by atoms with van der Waals surface area (Å²) in [5.41, 5.74) is 0.288. The summed E-state index contributed by atoms with van der Waals surface area (Å²) in [5.74, 6) is 0.344. The maximum Gasteiger partial charge on any atom is 0.291 e. The summed E-state index contributed by atoms with van der Waals surface area (Å²) in [4.78, 5) is 18.8. The minimum Gasteiger partial charge on any atom is -0.348 e. The van der Waals surface area contributed by atoms with Crippen LogP contribution in [0.15, 0.2) is 23.4 Å². The Morgan fingerprint density at radius 2 is 1.91 bits per heavy atom. The number of rotatable bonds is 7. The lowest BCUT2D eigenvalue weighted by atomic mass is 9.33. The molecule has 4 fully saturated rings. The highest BCUT2D eigenvalue weighted by atomic mass is 32.2. The van der Waals surface area contributed by atoms with E-state index >= 15 is 0 Å². The lowest BCUT2D eigenvalue weighted by Gasteiger charge is -2.70. The summed E-state index contributed by atoms with van der Waals surface area (Å²) in [6.45, 7) is 1.86. The first-order valence-corrected chi connectivity index (χ1v) is 13.6. The van der Waals surface area contributed by atoms with Gasteiger partial charge in [0, 0.05) is 31.2 Å². The van der Waals surface area contributed by atoms with Gasteiger partial charge in [-0.15, -0.1) is 10.2 Å². The molecule has 3 aromatic rings. The highest BCUT2D eigenvalue weighted by Gasteiger charge is 2.72. The number of sulfonamides is 1. The zero-order valence-electron chi connectivity index (χ0n) is 19.4. The van der Waals surface area contributed by atoms with E-state index in [0.29, 0.717) is 24.8 Å². The number of halogens is 2. The summed E-state index contributed by atoms with van der Waals surface area (Å²) in [6.07, 6.45) is 3.75. The van der Waals surface area contributed by atoms with Gasteiger partial charge in [0.05, 0.1) is 22.0 Å². The Kier molecular flexibility index (Phi) is 4.61. The van der Waals surface area contributed by atoms with E-state index < -0.39 is 32.4 Å². The van der Waals surface area contributed by atoms with Crippen molar-refractivity contribution in [2.75, 3.05) is 14.1 Å². The fourth-order valence-corrected chi connectivity index (χ4v) is 7.84. The number of pyridine rings is 1. The Bertz CT molecular complexity index is 1470. The predicted molar refractivity (Wildman–Crippen MR) is 124 cm³/mol. The minimum atomic E-state index is -3.85. The average molecular weight is 523 g/mol. The van der Waals surface area contributed by atoms with Crippen molar-refractivity contribution in [1.82, 2.24) is 29.2 Å². The number of carbonyl (C=O) groups excluding carboxylic acids is 1. The number of amides is 1. The molecule has 4 saturated carbocycles. The van der Waals surface area contributed by atoms with E-state index in [2.05, 4.69) is 19.9 Å². The molecule has 0 aliphatic heterocycles. The Morgan fingerprint density at radius 1 is 1.23 bits per heavy atom. The van der Waals surface area contributed by atoms with Gasteiger partial charge in [-0.25, -0.2) is 26.9 Å². The molecule has 4 aliphatic carbocycles. The molecule has 0 saturated heterocycles. The van der Waals surface area contributed by atoms with Gasteiger partial charge in [-0.2, -0.15) is 0 Å². The van der Waals surface area contributed by atoms with Crippen molar-refractivity contribution in [3.8, 4) is 10.8 Å². The first-order valence-electron chi connectivity index (χ1n) is 11.3. The van der Waals surface area contributed by atoms with Crippen LogP contribution >= 0.6 is 11.3 Å². The summed E-state index contributed by atoms with van der Waals surface area (Å²) in [6, 6.07) is 1.68. The van der Waals surface area contributed by atoms with E-state index in [1.54, 1.807) is 35.7 Å². The topological polar surface area (TPSA) is 110 Å². The van der Waals surface area contributed by atoms with Gasteiger partial charge in [0.1, 0.15) is 0 Å². The highest BCUT2D eigenvalue weighted by molar-refractivity contribution is 7.89. The van der Waals surface area contributed by atoms with Gasteiger partial charge in [-0.05, 0) is 50.7 Å². The van der Waals surface area contributed by atoms with Crippen molar-refractivity contribution < 1.29 is 22.0 Å². The lowest BCUT2D eigenvalue weighted by molar-refractivity contribution is -0.184. The SMILES string of the molecule is CN(C)C(=O)C12CC(c3cc(S(=O)(=O)NC4(C)CC4)cn4c(-c5nnc(C(F)F)s5)ncc34)(C1)C2. The zero-order chi connectivity index (χ0) is 25.0. The number of nitrogens with zero attached hydrogens (tertiary/aromatic N) is 5. The Balaban J connectivity index is 1.47. The second kappa shape index (κ2) is 7.04. The molecular formula is C22H24F2N6O3S2. The third-order valence-corrected chi connectivity index (χ3v) is 10.1. The fraction of sp³-hybridized carbons (Fsp3) is 0.545. The zero-order valence-corrected chi connectivity index (χ0v) is 21.0. The average Bonchev–Trinajstić information content (AvgIpc) is 3.13. The maximum absolute atomic E-state index is 13.3. The van der Waals surface area contributed by atoms with Crippen LogP contribution in [0.2, 0.25) is 0 Å². The van der Waals surface area contributed by atoms with Crippen molar-refractivity contribution in [1.29, 1.82) is 0 Å². The molecule has 3 aromatic heterocycles. The van der Waals surface area contributed by atoms with Crippen molar-refractivity contribution in [3.05, 3.63) is 29.0 Å². The standard InChI is InChI=1S/C22H24F2N6O3S2/c1-20(4-5-20)28-35(32,33)12-6-13(21-9-22(10-21,11-21)19(31)29(2)3)14-7-25-16(30(14)8-12)18-27-26-17(34-18)15(23)24/h6-8,15,28H,4-5,9-11H2,1-3H3. The molecule has 0 unspecified atom stereocenters. The van der Waals surface area contributed by atoms with Crippen LogP contribution in [0.5, 0.6) is 0 Å². The molecule has 7 rings (SSSR count). The molecule has 1 amide bonds. The van der Waals surface area contributed by atoms with Crippen LogP contribution in [0.1, 0.15) is 56.0 Å². The number of nitrogens with one attached hydrogen (secondary N) is 1. The van der Waals surface area contributed by atoms with Crippen LogP contribution in [0.4, 0.5) is 8.78 Å². The summed E-state index contributed by atoms with van der Waals surface area (Å²) in [7, 11) is -0.373. The maximum atomic E-state index is 13.3. The smallest absolute Gasteiger partial charge is 0.291 e. The van der Waals surface area contributed by atoms with E-state index in [-0.39, 0.29) is 27.0 Å². The van der Waals surface area contributed by atoms with Crippen LogP contribution in [-0.4, -0.2) is 58.4 Å². The number of hydrogen-bond acceptors (Lipinski definition) is 7. The quantitative estimate of drug-likeness (QED) is 0.511. The molecule has 13 heteroatoms. The Labute approximate surface area is 204 Å². The summed E-state index contributed by atoms with van der Waals surface area (Å²) < 4.78 is 57.3. The van der Waals surface area contributed by atoms with Gasteiger partial charge in [0.25, 0.3) is 6.43 Å². The van der Waals surface area contributed by atoms with E-state index in [9.17, 15) is 22.0 Å². The van der Waals surface area contributed by atoms with Crippen molar-refractivity contribution >= 4 is 32.8 Å². The summed E-state index contributed by atoms with van der Waals surface area (Å²) in [5, 5.41) is 7.18. The van der Waals surface area contributed by atoms with Crippen LogP contribution in [0, 0.1) is 5.41 Å². The Hall–Kier alpha value is -2.51. The second-order valence-electron chi connectivity index (χ2n) is 10.6. The van der Waals surface area contributed by atoms with Gasteiger partial charge >= 0.3 is 0 Å². The molecule has 0 spiro atoms. The molecule has 9 nitrogen and oxygen atoms in total. The van der Waals surface area contributed by atoms with Crippen LogP contribution < -0.4 is 4.72 Å². The molecule has 186 valence electrons. The van der Waals surface area contributed by atoms with Gasteiger partial charge in [0.15, 0.2) is 15.8 Å². The first-order chi connectivity index (χ1) is 16.4. The normalized spacial score (nSPS) is 26.5. The summed E-state index contributed by atoms with van der Waals surface area (Å²) >= 11 is 0.726. The number of fused-ring (bicyclic) bond motifs is 1. The molecule has 0 aromatic carbocycles. The molecule has 3 heterocycles. The van der Waals surface area contributed by atoms with Crippen LogP contribution in [0.3, 0.4) is 0 Å². The van der Waals surface area contributed by atoms with Crippen LogP contribution in [-0.2, 0) is 20.2 Å². The monoisotopic (exact) mass is 522 g/mol. The van der Waals surface area contributed by atoms with E-state index in [4.69, 9.17) is 0 Å². The third kappa shape index (κ3) is 3.34.